The highest BCUT2D eigenvalue weighted by Gasteiger charge is 2.39. The van der Waals surface area contributed by atoms with E-state index in [-0.39, 0.29) is 37.1 Å². The standard InChI is InChI=1S/C39H58N4O8/c1-8-9-10-11-12-18-25-43(35(47)29(23-24-32(40)45)42-37(49)51-39(5,6)7)33(28-21-16-17-22-31(28)44)34(46)41-30(36(48)50-38(2,3)4)26-27-19-14-13-15-20-27/h13-17,19-22,29-30,33,44H,8-12,18,23-26H2,1-7H3,(H2,40,45)(H,41,46)(H,42,49). The van der Waals surface area contributed by atoms with Crippen LogP contribution in [-0.2, 0) is 35.1 Å². The number of ether oxygens (including phenoxy) is 2. The van der Waals surface area contributed by atoms with Gasteiger partial charge >= 0.3 is 12.1 Å². The number of carbonyl (C=O) groups excluding carboxylic acids is 5. The van der Waals surface area contributed by atoms with E-state index >= 15 is 0 Å². The Labute approximate surface area is 302 Å². The average Bonchev–Trinajstić information content (AvgIpc) is 3.02. The molecule has 0 aliphatic carbocycles. The Morgan fingerprint density at radius 1 is 0.784 bits per heavy atom. The second-order valence-electron chi connectivity index (χ2n) is 14.7. The number of phenolic OH excluding ortho intramolecular Hbond substituents is 1. The highest BCUT2D eigenvalue weighted by molar-refractivity contribution is 5.94. The number of hydrogen-bond donors (Lipinski definition) is 4. The number of amides is 4. The van der Waals surface area contributed by atoms with Gasteiger partial charge in [0.2, 0.25) is 17.7 Å². The molecule has 0 bridgehead atoms. The van der Waals surface area contributed by atoms with Crippen molar-refractivity contribution in [1.82, 2.24) is 15.5 Å². The van der Waals surface area contributed by atoms with Crippen molar-refractivity contribution < 1.29 is 38.6 Å². The molecule has 2 aromatic carbocycles. The molecule has 0 heterocycles. The van der Waals surface area contributed by atoms with Crippen LogP contribution in [0.25, 0.3) is 0 Å². The van der Waals surface area contributed by atoms with Gasteiger partial charge in [-0.25, -0.2) is 9.59 Å². The van der Waals surface area contributed by atoms with E-state index in [4.69, 9.17) is 15.2 Å². The quantitative estimate of drug-likeness (QED) is 0.104. The van der Waals surface area contributed by atoms with Crippen LogP contribution in [0.1, 0.15) is 117 Å². The van der Waals surface area contributed by atoms with Crippen LogP contribution in [0, 0.1) is 0 Å². The Hall–Kier alpha value is -4.61. The first-order valence-electron chi connectivity index (χ1n) is 17.8. The summed E-state index contributed by atoms with van der Waals surface area (Å²) in [4.78, 5) is 68.8. The van der Waals surface area contributed by atoms with Gasteiger partial charge < -0.3 is 35.8 Å². The van der Waals surface area contributed by atoms with E-state index in [0.29, 0.717) is 6.42 Å². The number of nitrogens with one attached hydrogen (secondary N) is 2. The second-order valence-corrected chi connectivity index (χ2v) is 14.7. The van der Waals surface area contributed by atoms with Gasteiger partial charge in [0.05, 0.1) is 0 Å². The number of nitrogens with two attached hydrogens (primary N) is 1. The van der Waals surface area contributed by atoms with Crippen LogP contribution in [0.5, 0.6) is 5.75 Å². The lowest BCUT2D eigenvalue weighted by molar-refractivity contribution is -0.159. The van der Waals surface area contributed by atoms with Crippen LogP contribution < -0.4 is 16.4 Å². The summed E-state index contributed by atoms with van der Waals surface area (Å²) in [5.74, 6) is -3.03. The second kappa shape index (κ2) is 20.3. The van der Waals surface area contributed by atoms with E-state index < -0.39 is 59.1 Å². The van der Waals surface area contributed by atoms with Gasteiger partial charge in [0.1, 0.15) is 35.1 Å². The summed E-state index contributed by atoms with van der Waals surface area (Å²) in [5, 5.41) is 16.5. The molecule has 4 amide bonds. The predicted molar refractivity (Wildman–Crippen MR) is 195 cm³/mol. The fourth-order valence-corrected chi connectivity index (χ4v) is 5.46. The Balaban J connectivity index is 2.65. The van der Waals surface area contributed by atoms with Crippen LogP contribution in [0.15, 0.2) is 54.6 Å². The van der Waals surface area contributed by atoms with Gasteiger partial charge in [-0.1, -0.05) is 87.6 Å². The maximum Gasteiger partial charge on any atom is 0.408 e. The number of aromatic hydroxyl groups is 1. The molecular weight excluding hydrogens is 652 g/mol. The molecule has 51 heavy (non-hydrogen) atoms. The zero-order chi connectivity index (χ0) is 38.2. The number of unbranched alkanes of at least 4 members (excludes halogenated alkanes) is 5. The largest absolute Gasteiger partial charge is 0.508 e. The monoisotopic (exact) mass is 710 g/mol. The molecule has 2 aromatic rings. The molecule has 5 N–H and O–H groups in total. The van der Waals surface area contributed by atoms with Gasteiger partial charge in [0.15, 0.2) is 0 Å². The number of carbonyl (C=O) groups is 5. The molecule has 282 valence electrons. The van der Waals surface area contributed by atoms with Gasteiger partial charge in [-0.2, -0.15) is 0 Å². The molecule has 0 saturated carbocycles. The van der Waals surface area contributed by atoms with Crippen LogP contribution >= 0.6 is 0 Å². The third-order valence-corrected chi connectivity index (χ3v) is 7.79. The third kappa shape index (κ3) is 15.9. The van der Waals surface area contributed by atoms with Gasteiger partial charge in [-0.15, -0.1) is 0 Å². The van der Waals surface area contributed by atoms with Crippen molar-refractivity contribution >= 4 is 29.8 Å². The number of primary amides is 1. The van der Waals surface area contributed by atoms with E-state index in [0.717, 1.165) is 37.7 Å². The zero-order valence-corrected chi connectivity index (χ0v) is 31.3. The molecule has 0 radical (unpaired) electrons. The molecule has 12 heteroatoms. The topological polar surface area (TPSA) is 177 Å². The summed E-state index contributed by atoms with van der Waals surface area (Å²) in [7, 11) is 0. The lowest BCUT2D eigenvalue weighted by atomic mass is 9.98. The van der Waals surface area contributed by atoms with Crippen LogP contribution in [0.3, 0.4) is 0 Å². The minimum Gasteiger partial charge on any atom is -0.508 e. The number of esters is 1. The van der Waals surface area contributed by atoms with E-state index in [9.17, 15) is 29.1 Å². The van der Waals surface area contributed by atoms with Crippen molar-refractivity contribution in [3.63, 3.8) is 0 Å². The van der Waals surface area contributed by atoms with Gasteiger partial charge in [-0.05, 0) is 66.0 Å². The first-order chi connectivity index (χ1) is 23.9. The van der Waals surface area contributed by atoms with E-state index in [1.807, 2.05) is 30.3 Å². The molecule has 0 spiro atoms. The number of para-hydroxylation sites is 1. The van der Waals surface area contributed by atoms with Crippen molar-refractivity contribution in [2.45, 2.75) is 136 Å². The maximum absolute atomic E-state index is 14.6. The number of hydrogen-bond acceptors (Lipinski definition) is 8. The molecule has 3 atom stereocenters. The fraction of sp³-hybridized carbons (Fsp3) is 0.564. The number of nitrogens with zero attached hydrogens (tertiary/aromatic N) is 1. The summed E-state index contributed by atoms with van der Waals surface area (Å²) in [6.45, 7) is 12.4. The number of phenols is 1. The van der Waals surface area contributed by atoms with Gasteiger partial charge in [-0.3, -0.25) is 14.4 Å². The van der Waals surface area contributed by atoms with Crippen molar-refractivity contribution in [3.8, 4) is 5.75 Å². The van der Waals surface area contributed by atoms with E-state index in [2.05, 4.69) is 17.6 Å². The molecule has 0 aliphatic heterocycles. The lowest BCUT2D eigenvalue weighted by Gasteiger charge is -2.35. The van der Waals surface area contributed by atoms with E-state index in [1.54, 1.807) is 53.7 Å². The molecule has 2 rings (SSSR count). The average molecular weight is 711 g/mol. The minimum atomic E-state index is -1.44. The van der Waals surface area contributed by atoms with Crippen LogP contribution in [0.2, 0.25) is 0 Å². The number of alkyl carbamates (subject to hydrolysis) is 1. The normalized spacial score (nSPS) is 13.3. The van der Waals surface area contributed by atoms with Crippen molar-refractivity contribution in [3.05, 3.63) is 65.7 Å². The molecule has 12 nitrogen and oxygen atoms in total. The number of benzene rings is 2. The van der Waals surface area contributed by atoms with Crippen molar-refractivity contribution in [2.24, 2.45) is 5.73 Å². The SMILES string of the molecule is CCCCCCCCN(C(=O)C(CCC(N)=O)NC(=O)OC(C)(C)C)C(C(=O)NC(Cc1ccccc1)C(=O)OC(C)(C)C)c1ccccc1O. The molecule has 0 fully saturated rings. The minimum absolute atomic E-state index is 0.0657. The Morgan fingerprint density at radius 2 is 1.37 bits per heavy atom. The zero-order valence-electron chi connectivity index (χ0n) is 31.3. The Kier molecular flexibility index (Phi) is 16.9. The lowest BCUT2D eigenvalue weighted by Crippen LogP contribution is -2.55. The predicted octanol–water partition coefficient (Wildman–Crippen LogP) is 5.85. The maximum atomic E-state index is 14.6. The van der Waals surface area contributed by atoms with Gasteiger partial charge in [0, 0.05) is 24.9 Å². The summed E-state index contributed by atoms with van der Waals surface area (Å²) >= 11 is 0. The van der Waals surface area contributed by atoms with Crippen molar-refractivity contribution in [2.75, 3.05) is 6.54 Å². The smallest absolute Gasteiger partial charge is 0.408 e. The summed E-state index contributed by atoms with van der Waals surface area (Å²) < 4.78 is 11.1. The Bertz CT molecular complexity index is 1430. The fourth-order valence-electron chi connectivity index (χ4n) is 5.46. The molecule has 0 aromatic heterocycles. The van der Waals surface area contributed by atoms with Crippen LogP contribution in [0.4, 0.5) is 4.79 Å². The summed E-state index contributed by atoms with van der Waals surface area (Å²) in [6.07, 6.45) is 4.10. The summed E-state index contributed by atoms with van der Waals surface area (Å²) in [6, 6.07) is 11.4. The Morgan fingerprint density at radius 3 is 1.96 bits per heavy atom. The number of rotatable bonds is 19. The molecular formula is C39H58N4O8. The van der Waals surface area contributed by atoms with Gasteiger partial charge in [0.25, 0.3) is 0 Å². The molecule has 3 unspecified atom stereocenters. The first-order valence-corrected chi connectivity index (χ1v) is 17.8. The van der Waals surface area contributed by atoms with E-state index in [1.165, 1.54) is 17.0 Å². The van der Waals surface area contributed by atoms with Crippen LogP contribution in [-0.4, -0.2) is 69.6 Å². The first kappa shape index (κ1) is 42.6. The third-order valence-electron chi connectivity index (χ3n) is 7.79. The molecule has 0 saturated heterocycles. The van der Waals surface area contributed by atoms with Crippen molar-refractivity contribution in [1.29, 1.82) is 0 Å². The highest BCUT2D eigenvalue weighted by atomic mass is 16.6. The summed E-state index contributed by atoms with van der Waals surface area (Å²) in [5.41, 5.74) is 4.59. The highest BCUT2D eigenvalue weighted by Crippen LogP contribution is 2.31. The molecule has 0 aliphatic rings.